The van der Waals surface area contributed by atoms with Crippen LogP contribution in [0, 0.1) is 0 Å². The number of hydrogen-bond donors (Lipinski definition) is 1. The molecule has 0 spiro atoms. The van der Waals surface area contributed by atoms with E-state index in [0.717, 1.165) is 17.7 Å². The van der Waals surface area contributed by atoms with E-state index in [0.29, 0.717) is 6.54 Å². The van der Waals surface area contributed by atoms with Crippen LogP contribution in [0.15, 0.2) is 6.07 Å². The monoisotopic (exact) mass is 265 g/mol. The summed E-state index contributed by atoms with van der Waals surface area (Å²) >= 11 is 6.99. The SMILES string of the molecule is O=S(=O)(CCl)NCc1cc2c(s1)CCC2. The number of nitrogens with one attached hydrogen (secondary N) is 1. The average Bonchev–Trinajstić information content (AvgIpc) is 2.74. The fourth-order valence-corrected chi connectivity index (χ4v) is 3.67. The highest BCUT2D eigenvalue weighted by atomic mass is 35.5. The number of hydrogen-bond acceptors (Lipinski definition) is 3. The molecule has 3 nitrogen and oxygen atoms in total. The van der Waals surface area contributed by atoms with Crippen molar-refractivity contribution in [3.63, 3.8) is 0 Å². The van der Waals surface area contributed by atoms with Crippen LogP contribution < -0.4 is 4.72 Å². The molecule has 0 radical (unpaired) electrons. The van der Waals surface area contributed by atoms with E-state index in [4.69, 9.17) is 11.6 Å². The van der Waals surface area contributed by atoms with E-state index in [1.165, 1.54) is 16.9 Å². The van der Waals surface area contributed by atoms with E-state index in [1.807, 2.05) is 0 Å². The van der Waals surface area contributed by atoms with Gasteiger partial charge in [0.15, 0.2) is 0 Å². The first kappa shape index (κ1) is 11.4. The van der Waals surface area contributed by atoms with Gasteiger partial charge in [-0.1, -0.05) is 0 Å². The van der Waals surface area contributed by atoms with Gasteiger partial charge in [0.1, 0.15) is 5.21 Å². The van der Waals surface area contributed by atoms with E-state index in [2.05, 4.69) is 10.8 Å². The molecule has 6 heteroatoms. The fraction of sp³-hybridized carbons (Fsp3) is 0.556. The lowest BCUT2D eigenvalue weighted by molar-refractivity contribution is 0.586. The normalized spacial score (nSPS) is 15.5. The number of sulfonamides is 1. The fourth-order valence-electron chi connectivity index (χ4n) is 1.70. The molecule has 1 aromatic heterocycles. The molecule has 84 valence electrons. The number of halogens is 1. The third kappa shape index (κ3) is 2.72. The number of thiophene rings is 1. The van der Waals surface area contributed by atoms with Crippen LogP contribution in [0.4, 0.5) is 0 Å². The molecule has 0 atom stereocenters. The summed E-state index contributed by atoms with van der Waals surface area (Å²) in [6.45, 7) is 0.368. The van der Waals surface area contributed by atoms with E-state index in [9.17, 15) is 8.42 Å². The second-order valence-corrected chi connectivity index (χ2v) is 7.17. The van der Waals surface area contributed by atoms with Crippen LogP contribution in [-0.4, -0.2) is 13.6 Å². The summed E-state index contributed by atoms with van der Waals surface area (Å²) < 4.78 is 24.7. The Labute approximate surface area is 98.5 Å². The van der Waals surface area contributed by atoms with Crippen LogP contribution >= 0.6 is 22.9 Å². The summed E-state index contributed by atoms with van der Waals surface area (Å²) in [5.74, 6) is 0. The molecule has 1 heterocycles. The molecular formula is C9H12ClNO2S2. The van der Waals surface area contributed by atoms with E-state index in [1.54, 1.807) is 11.3 Å². The second-order valence-electron chi connectivity index (χ2n) is 3.56. The minimum atomic E-state index is -3.29. The van der Waals surface area contributed by atoms with Gasteiger partial charge in [-0.05, 0) is 30.9 Å². The highest BCUT2D eigenvalue weighted by Crippen LogP contribution is 2.30. The molecular weight excluding hydrogens is 254 g/mol. The van der Waals surface area contributed by atoms with Gasteiger partial charge < -0.3 is 0 Å². The topological polar surface area (TPSA) is 46.2 Å². The standard InChI is InChI=1S/C9H12ClNO2S2/c10-6-15(12,13)11-5-8-4-7-2-1-3-9(7)14-8/h4,11H,1-3,5-6H2. The van der Waals surface area contributed by atoms with Crippen molar-refractivity contribution in [1.82, 2.24) is 4.72 Å². The van der Waals surface area contributed by atoms with Gasteiger partial charge in [-0.25, -0.2) is 13.1 Å². The molecule has 1 aliphatic carbocycles. The lowest BCUT2D eigenvalue weighted by Gasteiger charge is -2.00. The third-order valence-corrected chi connectivity index (χ3v) is 5.38. The smallest absolute Gasteiger partial charge is 0.211 e. The number of alkyl halides is 1. The predicted octanol–water partition coefficient (Wildman–Crippen LogP) is 1.85. The summed E-state index contributed by atoms with van der Waals surface area (Å²) in [6, 6.07) is 2.10. The molecule has 0 fully saturated rings. The first-order valence-electron chi connectivity index (χ1n) is 4.74. The summed E-state index contributed by atoms with van der Waals surface area (Å²) in [5, 5.41) is -0.377. The second kappa shape index (κ2) is 4.41. The molecule has 0 aromatic carbocycles. The Hall–Kier alpha value is -0.100. The Kier molecular flexibility index (Phi) is 3.35. The molecule has 0 saturated heterocycles. The minimum absolute atomic E-state index is 0.368. The van der Waals surface area contributed by atoms with Gasteiger partial charge in [-0.2, -0.15) is 0 Å². The maximum Gasteiger partial charge on any atom is 0.225 e. The van der Waals surface area contributed by atoms with E-state index < -0.39 is 10.0 Å². The van der Waals surface area contributed by atoms with Crippen molar-refractivity contribution in [1.29, 1.82) is 0 Å². The largest absolute Gasteiger partial charge is 0.225 e. The first-order valence-corrected chi connectivity index (χ1v) is 7.75. The molecule has 0 aliphatic heterocycles. The zero-order valence-corrected chi connectivity index (χ0v) is 10.5. The van der Waals surface area contributed by atoms with Crippen molar-refractivity contribution in [2.24, 2.45) is 0 Å². The van der Waals surface area contributed by atoms with Crippen molar-refractivity contribution >= 4 is 33.0 Å². The van der Waals surface area contributed by atoms with Crippen molar-refractivity contribution in [3.8, 4) is 0 Å². The summed E-state index contributed by atoms with van der Waals surface area (Å²) in [6.07, 6.45) is 3.51. The predicted molar refractivity (Wildman–Crippen MR) is 62.8 cm³/mol. The van der Waals surface area contributed by atoms with E-state index in [-0.39, 0.29) is 5.21 Å². The molecule has 1 aliphatic rings. The zero-order chi connectivity index (χ0) is 10.9. The molecule has 2 rings (SSSR count). The Balaban J connectivity index is 2.00. The van der Waals surface area contributed by atoms with Gasteiger partial charge >= 0.3 is 0 Å². The Bertz CT molecular complexity index is 431. The zero-order valence-electron chi connectivity index (χ0n) is 8.12. The molecule has 0 unspecified atom stereocenters. The Morgan fingerprint density at radius 1 is 1.47 bits per heavy atom. The summed E-state index contributed by atoms with van der Waals surface area (Å²) in [5.41, 5.74) is 1.39. The van der Waals surface area contributed by atoms with Gasteiger partial charge in [0, 0.05) is 16.3 Å². The maximum absolute atomic E-state index is 11.1. The molecule has 1 N–H and O–H groups in total. The average molecular weight is 266 g/mol. The molecule has 0 bridgehead atoms. The van der Waals surface area contributed by atoms with Crippen LogP contribution in [0.25, 0.3) is 0 Å². The highest BCUT2D eigenvalue weighted by Gasteiger charge is 2.15. The van der Waals surface area contributed by atoms with Gasteiger partial charge in [0.05, 0.1) is 0 Å². The van der Waals surface area contributed by atoms with Crippen LogP contribution in [0.1, 0.15) is 21.7 Å². The van der Waals surface area contributed by atoms with Gasteiger partial charge in [0.2, 0.25) is 10.0 Å². The van der Waals surface area contributed by atoms with Crippen LogP contribution in [0.3, 0.4) is 0 Å². The van der Waals surface area contributed by atoms with Gasteiger partial charge in [-0.3, -0.25) is 0 Å². The van der Waals surface area contributed by atoms with Crippen molar-refractivity contribution in [2.75, 3.05) is 5.21 Å². The quantitative estimate of drug-likeness (QED) is 0.845. The van der Waals surface area contributed by atoms with Crippen molar-refractivity contribution in [2.45, 2.75) is 25.8 Å². The third-order valence-electron chi connectivity index (χ3n) is 2.41. The molecule has 1 aromatic rings. The summed E-state index contributed by atoms with van der Waals surface area (Å²) in [4.78, 5) is 2.49. The van der Waals surface area contributed by atoms with Gasteiger partial charge in [-0.15, -0.1) is 22.9 Å². The van der Waals surface area contributed by atoms with Gasteiger partial charge in [0.25, 0.3) is 0 Å². The molecule has 15 heavy (non-hydrogen) atoms. The molecule has 0 saturated carbocycles. The number of aryl methyl sites for hydroxylation is 2. The maximum atomic E-state index is 11.1. The van der Waals surface area contributed by atoms with Crippen LogP contribution in [-0.2, 0) is 29.4 Å². The Morgan fingerprint density at radius 2 is 2.27 bits per heavy atom. The lowest BCUT2D eigenvalue weighted by Crippen LogP contribution is -2.23. The van der Waals surface area contributed by atoms with Crippen LogP contribution in [0.2, 0.25) is 0 Å². The summed E-state index contributed by atoms with van der Waals surface area (Å²) in [7, 11) is -3.29. The molecule has 0 amide bonds. The minimum Gasteiger partial charge on any atom is -0.211 e. The Morgan fingerprint density at radius 3 is 2.93 bits per heavy atom. The number of fused-ring (bicyclic) bond motifs is 1. The van der Waals surface area contributed by atoms with Crippen LogP contribution in [0.5, 0.6) is 0 Å². The first-order chi connectivity index (χ1) is 7.11. The van der Waals surface area contributed by atoms with E-state index >= 15 is 0 Å². The van der Waals surface area contributed by atoms with Crippen molar-refractivity contribution < 1.29 is 8.42 Å². The van der Waals surface area contributed by atoms with Crippen molar-refractivity contribution in [3.05, 3.63) is 21.4 Å². The lowest BCUT2D eigenvalue weighted by atomic mass is 10.2. The highest BCUT2D eigenvalue weighted by molar-refractivity contribution is 7.90. The number of rotatable bonds is 4.